The van der Waals surface area contributed by atoms with Gasteiger partial charge in [0, 0.05) is 38.8 Å². The third-order valence-electron chi connectivity index (χ3n) is 4.76. The van der Waals surface area contributed by atoms with Crippen LogP contribution in [0.25, 0.3) is 11.3 Å². The van der Waals surface area contributed by atoms with E-state index in [9.17, 15) is 13.6 Å². The van der Waals surface area contributed by atoms with E-state index >= 15 is 0 Å². The minimum Gasteiger partial charge on any atom is -0.447 e. The maximum absolute atomic E-state index is 13.3. The van der Waals surface area contributed by atoms with Crippen molar-refractivity contribution >= 4 is 11.9 Å². The molecule has 1 aliphatic rings. The number of nitrogens with one attached hydrogen (secondary N) is 1. The molecular formula is C20H26F2N4O3. The zero-order chi connectivity index (χ0) is 20.6. The number of halogens is 2. The Morgan fingerprint density at radius 3 is 2.76 bits per heavy atom. The average Bonchev–Trinajstić information content (AvgIpc) is 2.74. The molecule has 1 amide bonds. The Balaban J connectivity index is 0.00000320. The zero-order valence-electron chi connectivity index (χ0n) is 16.2. The number of rotatable bonds is 7. The van der Waals surface area contributed by atoms with Crippen LogP contribution < -0.4 is 10.2 Å². The fourth-order valence-electron chi connectivity index (χ4n) is 3.24. The lowest BCUT2D eigenvalue weighted by molar-refractivity contribution is 0.0956. The molecule has 158 valence electrons. The monoisotopic (exact) mass is 408 g/mol. The lowest BCUT2D eigenvalue weighted by atomic mass is 10.0. The topological polar surface area (TPSA) is 76.6 Å². The molecule has 0 bridgehead atoms. The van der Waals surface area contributed by atoms with Gasteiger partial charge in [0.15, 0.2) is 0 Å². The van der Waals surface area contributed by atoms with Crippen molar-refractivity contribution in [2.45, 2.75) is 25.3 Å². The van der Waals surface area contributed by atoms with E-state index in [1.165, 1.54) is 12.3 Å². The highest BCUT2D eigenvalue weighted by Gasteiger charge is 2.23. The lowest BCUT2D eigenvalue weighted by Crippen LogP contribution is -2.45. The Kier molecular flexibility index (Phi) is 7.29. The van der Waals surface area contributed by atoms with Crippen molar-refractivity contribution in [2.75, 3.05) is 38.3 Å². The van der Waals surface area contributed by atoms with Gasteiger partial charge in [-0.15, -0.1) is 0 Å². The Labute approximate surface area is 169 Å². The average molecular weight is 408 g/mol. The summed E-state index contributed by atoms with van der Waals surface area (Å²) in [6.07, 6.45) is 1.53. The molecular weight excluding hydrogens is 382 g/mol. The van der Waals surface area contributed by atoms with Crippen LogP contribution in [0.4, 0.5) is 19.4 Å². The molecule has 2 heterocycles. The third-order valence-corrected chi connectivity index (χ3v) is 4.76. The molecule has 1 fully saturated rings. The summed E-state index contributed by atoms with van der Waals surface area (Å²) in [6, 6.07) is 6.33. The van der Waals surface area contributed by atoms with E-state index < -0.39 is 12.5 Å². The van der Waals surface area contributed by atoms with Gasteiger partial charge in [-0.25, -0.2) is 18.6 Å². The Bertz CT molecular complexity index is 820. The third kappa shape index (κ3) is 5.60. The maximum Gasteiger partial charge on any atom is 0.407 e. The molecule has 29 heavy (non-hydrogen) atoms. The van der Waals surface area contributed by atoms with Crippen molar-refractivity contribution in [3.63, 3.8) is 0 Å². The van der Waals surface area contributed by atoms with Gasteiger partial charge in [0.1, 0.15) is 12.4 Å². The summed E-state index contributed by atoms with van der Waals surface area (Å²) in [4.78, 5) is 22.5. The SMILES string of the molecule is COCCOC(=O)NC1CCN(c2cncc(-c3ccccc3C(F)F)n2)CC1.[HH]. The first-order chi connectivity index (χ1) is 14.1. The second-order valence-corrected chi connectivity index (χ2v) is 6.68. The van der Waals surface area contributed by atoms with Gasteiger partial charge < -0.3 is 19.7 Å². The predicted octanol–water partition coefficient (Wildman–Crippen LogP) is 3.67. The van der Waals surface area contributed by atoms with Gasteiger partial charge in [0.05, 0.1) is 24.7 Å². The molecule has 3 rings (SSSR count). The fraction of sp³-hybridized carbons (Fsp3) is 0.450. The van der Waals surface area contributed by atoms with Gasteiger partial charge in [-0.1, -0.05) is 24.3 Å². The van der Waals surface area contributed by atoms with Crippen LogP contribution in [-0.2, 0) is 9.47 Å². The number of methoxy groups -OCH3 is 1. The summed E-state index contributed by atoms with van der Waals surface area (Å²) < 4.78 is 36.5. The predicted molar refractivity (Wildman–Crippen MR) is 106 cm³/mol. The van der Waals surface area contributed by atoms with E-state index in [0.29, 0.717) is 36.8 Å². The highest BCUT2D eigenvalue weighted by molar-refractivity contribution is 5.67. The highest BCUT2D eigenvalue weighted by Crippen LogP contribution is 2.30. The second-order valence-electron chi connectivity index (χ2n) is 6.68. The number of aromatic nitrogens is 2. The largest absolute Gasteiger partial charge is 0.447 e. The van der Waals surface area contributed by atoms with Crippen LogP contribution in [0, 0.1) is 0 Å². The van der Waals surface area contributed by atoms with Crippen LogP contribution in [0.2, 0.25) is 0 Å². The quantitative estimate of drug-likeness (QED) is 0.705. The molecule has 1 aromatic heterocycles. The molecule has 0 spiro atoms. The first-order valence-corrected chi connectivity index (χ1v) is 9.45. The number of piperidine rings is 1. The summed E-state index contributed by atoms with van der Waals surface area (Å²) in [5.74, 6) is 0.632. The van der Waals surface area contributed by atoms with Gasteiger partial charge in [0.2, 0.25) is 0 Å². The standard InChI is InChI=1S/C20H24F2N4O3.H2/c1-28-10-11-29-20(27)24-14-6-8-26(9-7-14)18-13-23-12-17(25-18)15-4-2-3-5-16(15)19(21)22;/h2-5,12-14,19H,6-11H2,1H3,(H,24,27);1H. The highest BCUT2D eigenvalue weighted by atomic mass is 19.3. The van der Waals surface area contributed by atoms with Crippen molar-refractivity contribution in [2.24, 2.45) is 0 Å². The molecule has 1 N–H and O–H groups in total. The second kappa shape index (κ2) is 10.1. The van der Waals surface area contributed by atoms with E-state index in [-0.39, 0.29) is 19.6 Å². The van der Waals surface area contributed by atoms with Crippen LogP contribution in [0.3, 0.4) is 0 Å². The molecule has 9 heteroatoms. The molecule has 1 aromatic carbocycles. The van der Waals surface area contributed by atoms with Crippen molar-refractivity contribution < 1.29 is 24.5 Å². The number of alkyl halides is 2. The maximum atomic E-state index is 13.3. The number of alkyl carbamates (subject to hydrolysis) is 1. The minimum absolute atomic E-state index is 0. The Hall–Kier alpha value is -2.81. The molecule has 0 saturated carbocycles. The molecule has 0 radical (unpaired) electrons. The van der Waals surface area contributed by atoms with Crippen LogP contribution in [-0.4, -0.2) is 55.5 Å². The van der Waals surface area contributed by atoms with E-state index in [1.54, 1.807) is 31.5 Å². The first kappa shape index (κ1) is 20.9. The van der Waals surface area contributed by atoms with Gasteiger partial charge in [-0.05, 0) is 12.8 Å². The Morgan fingerprint density at radius 1 is 1.28 bits per heavy atom. The van der Waals surface area contributed by atoms with Crippen LogP contribution in [0.1, 0.15) is 26.3 Å². The van der Waals surface area contributed by atoms with Crippen LogP contribution in [0.5, 0.6) is 0 Å². The van der Waals surface area contributed by atoms with E-state index in [4.69, 9.17) is 9.47 Å². The lowest BCUT2D eigenvalue weighted by Gasteiger charge is -2.32. The number of carbonyl (C=O) groups excluding carboxylic acids is 1. The Morgan fingerprint density at radius 2 is 2.03 bits per heavy atom. The summed E-state index contributed by atoms with van der Waals surface area (Å²) >= 11 is 0. The fourth-order valence-corrected chi connectivity index (χ4v) is 3.24. The van der Waals surface area contributed by atoms with Crippen LogP contribution in [0.15, 0.2) is 36.7 Å². The van der Waals surface area contributed by atoms with Crippen molar-refractivity contribution in [1.82, 2.24) is 15.3 Å². The molecule has 7 nitrogen and oxygen atoms in total. The molecule has 2 aromatic rings. The zero-order valence-corrected chi connectivity index (χ0v) is 16.2. The summed E-state index contributed by atoms with van der Waals surface area (Å²) in [5.41, 5.74) is 0.737. The van der Waals surface area contributed by atoms with Crippen molar-refractivity contribution in [1.29, 1.82) is 0 Å². The molecule has 1 saturated heterocycles. The number of nitrogens with zero attached hydrogens (tertiary/aromatic N) is 3. The molecule has 0 atom stereocenters. The van der Waals surface area contributed by atoms with E-state index in [0.717, 1.165) is 12.8 Å². The van der Waals surface area contributed by atoms with Gasteiger partial charge >= 0.3 is 6.09 Å². The number of anilines is 1. The number of ether oxygens (including phenoxy) is 2. The van der Waals surface area contributed by atoms with Gasteiger partial charge in [0.25, 0.3) is 6.43 Å². The van der Waals surface area contributed by atoms with Crippen LogP contribution >= 0.6 is 0 Å². The first-order valence-electron chi connectivity index (χ1n) is 9.45. The normalized spacial score (nSPS) is 14.8. The van der Waals surface area contributed by atoms with E-state index in [1.807, 2.05) is 4.90 Å². The van der Waals surface area contributed by atoms with Gasteiger partial charge in [-0.3, -0.25) is 4.98 Å². The summed E-state index contributed by atoms with van der Waals surface area (Å²) in [6.45, 7) is 1.90. The van der Waals surface area contributed by atoms with Crippen molar-refractivity contribution in [3.05, 3.63) is 42.2 Å². The van der Waals surface area contributed by atoms with Gasteiger partial charge in [-0.2, -0.15) is 0 Å². The minimum atomic E-state index is -2.58. The number of hydrogen-bond donors (Lipinski definition) is 1. The molecule has 0 unspecified atom stereocenters. The number of amides is 1. The molecule has 1 aliphatic heterocycles. The molecule has 0 aliphatic carbocycles. The van der Waals surface area contributed by atoms with Crippen molar-refractivity contribution in [3.8, 4) is 11.3 Å². The number of benzene rings is 1. The summed E-state index contributed by atoms with van der Waals surface area (Å²) in [5, 5.41) is 2.84. The number of carbonyl (C=O) groups is 1. The number of hydrogen-bond acceptors (Lipinski definition) is 6. The summed E-state index contributed by atoms with van der Waals surface area (Å²) in [7, 11) is 1.54. The smallest absolute Gasteiger partial charge is 0.407 e. The van der Waals surface area contributed by atoms with E-state index in [2.05, 4.69) is 15.3 Å².